The number of Topliss-reactive ketones (excluding diaryl/α,β-unsaturated/α-hetero) is 1. The quantitative estimate of drug-likeness (QED) is 0.709. The number of primary amides is 1. The Morgan fingerprint density at radius 1 is 1.09 bits per heavy atom. The van der Waals surface area contributed by atoms with Crippen molar-refractivity contribution in [2.24, 2.45) is 5.73 Å². The smallest absolute Gasteiger partial charge is 0.408 e. The van der Waals surface area contributed by atoms with Crippen molar-refractivity contribution in [2.75, 3.05) is 0 Å². The first-order valence-corrected chi connectivity index (χ1v) is 6.87. The van der Waals surface area contributed by atoms with Crippen molar-refractivity contribution in [2.45, 2.75) is 13.8 Å². The minimum atomic E-state index is -0.504. The number of aryl methyl sites for hydroxylation is 1. The van der Waals surface area contributed by atoms with Gasteiger partial charge in [-0.2, -0.15) is 0 Å². The summed E-state index contributed by atoms with van der Waals surface area (Å²) in [5, 5.41) is 0. The molecule has 3 rings (SSSR count). The Balaban J connectivity index is 0.000000174. The third kappa shape index (κ3) is 4.16. The summed E-state index contributed by atoms with van der Waals surface area (Å²) in [7, 11) is 0. The number of carbonyl (C=O) groups is 2. The van der Waals surface area contributed by atoms with Crippen LogP contribution in [0.15, 0.2) is 51.7 Å². The van der Waals surface area contributed by atoms with E-state index in [1.165, 1.54) is 6.92 Å². The minimum Gasteiger partial charge on any atom is -0.408 e. The molecule has 0 radical (unpaired) electrons. The summed E-state index contributed by atoms with van der Waals surface area (Å²) in [5.74, 6) is -0.926. The molecule has 6 nitrogen and oxygen atoms in total. The van der Waals surface area contributed by atoms with Gasteiger partial charge in [0.1, 0.15) is 0 Å². The second-order valence-corrected chi connectivity index (χ2v) is 5.02. The Hall–Kier alpha value is -3.15. The number of nitrogens with two attached hydrogens (primary N) is 1. The van der Waals surface area contributed by atoms with Gasteiger partial charge in [-0.3, -0.25) is 14.6 Å². The summed E-state index contributed by atoms with van der Waals surface area (Å²) in [6.45, 7) is 3.39. The number of oxazole rings is 1. The van der Waals surface area contributed by atoms with E-state index < -0.39 is 5.76 Å². The number of hydrogen-bond donors (Lipinski definition) is 2. The van der Waals surface area contributed by atoms with Crippen LogP contribution in [0.25, 0.3) is 11.1 Å². The lowest BCUT2D eigenvalue weighted by atomic mass is 10.1. The predicted octanol–water partition coefficient (Wildman–Crippen LogP) is 2.42. The number of fused-ring (bicyclic) bond motifs is 1. The maximum atomic E-state index is 11.0. The van der Waals surface area contributed by atoms with Crippen LogP contribution in [0.5, 0.6) is 0 Å². The second kappa shape index (κ2) is 6.74. The first kappa shape index (κ1) is 16.2. The highest BCUT2D eigenvalue weighted by atomic mass is 16.4. The highest BCUT2D eigenvalue weighted by Gasteiger charge is 2.04. The normalized spacial score (nSPS) is 10.0. The molecule has 0 saturated carbocycles. The van der Waals surface area contributed by atoms with Crippen LogP contribution in [-0.2, 0) is 0 Å². The average Bonchev–Trinajstić information content (AvgIpc) is 2.86. The molecule has 0 saturated heterocycles. The van der Waals surface area contributed by atoms with Gasteiger partial charge in [0.25, 0.3) is 0 Å². The van der Waals surface area contributed by atoms with Crippen molar-refractivity contribution >= 4 is 22.8 Å². The third-order valence-corrected chi connectivity index (χ3v) is 3.13. The van der Waals surface area contributed by atoms with E-state index in [1.807, 2.05) is 19.1 Å². The fraction of sp³-hybridized carbons (Fsp3) is 0.118. The highest BCUT2D eigenvalue weighted by Crippen LogP contribution is 2.12. The van der Waals surface area contributed by atoms with Gasteiger partial charge in [0, 0.05) is 11.1 Å². The van der Waals surface area contributed by atoms with Gasteiger partial charge in [0.15, 0.2) is 11.4 Å². The summed E-state index contributed by atoms with van der Waals surface area (Å²) in [6.07, 6.45) is 0. The van der Waals surface area contributed by atoms with Crippen LogP contribution in [0, 0.1) is 6.92 Å². The zero-order valence-corrected chi connectivity index (χ0v) is 12.8. The molecule has 0 unspecified atom stereocenters. The van der Waals surface area contributed by atoms with Crippen molar-refractivity contribution in [1.82, 2.24) is 4.98 Å². The van der Waals surface area contributed by atoms with E-state index in [0.717, 1.165) is 5.56 Å². The lowest BCUT2D eigenvalue weighted by Crippen LogP contribution is -2.10. The summed E-state index contributed by atoms with van der Waals surface area (Å²) < 4.78 is 4.80. The SMILES string of the molecule is CC(=O)c1ccc2[nH]c(=O)oc2c1.Cc1cccc(C(N)=O)c1. The lowest BCUT2D eigenvalue weighted by molar-refractivity contribution is 0.0996. The number of nitrogens with one attached hydrogen (secondary N) is 1. The molecule has 0 spiro atoms. The number of benzene rings is 2. The minimum absolute atomic E-state index is 0.0502. The van der Waals surface area contributed by atoms with Gasteiger partial charge in [-0.1, -0.05) is 17.7 Å². The predicted molar refractivity (Wildman–Crippen MR) is 86.5 cm³/mol. The van der Waals surface area contributed by atoms with Gasteiger partial charge in [0.2, 0.25) is 5.91 Å². The van der Waals surface area contributed by atoms with Gasteiger partial charge < -0.3 is 10.2 Å². The Bertz CT molecular complexity index is 921. The molecule has 0 fully saturated rings. The Kier molecular flexibility index (Phi) is 4.75. The van der Waals surface area contributed by atoms with E-state index in [-0.39, 0.29) is 11.7 Å². The zero-order valence-electron chi connectivity index (χ0n) is 12.8. The van der Waals surface area contributed by atoms with E-state index in [9.17, 15) is 14.4 Å². The first-order chi connectivity index (χ1) is 10.9. The monoisotopic (exact) mass is 312 g/mol. The molecule has 0 bridgehead atoms. The van der Waals surface area contributed by atoms with Crippen molar-refractivity contribution in [1.29, 1.82) is 0 Å². The molecule has 23 heavy (non-hydrogen) atoms. The van der Waals surface area contributed by atoms with Crippen LogP contribution < -0.4 is 11.5 Å². The Morgan fingerprint density at radius 2 is 1.83 bits per heavy atom. The first-order valence-electron chi connectivity index (χ1n) is 6.87. The molecule has 118 valence electrons. The molecule has 0 aliphatic heterocycles. The fourth-order valence-corrected chi connectivity index (χ4v) is 1.96. The highest BCUT2D eigenvalue weighted by molar-refractivity contribution is 5.96. The van der Waals surface area contributed by atoms with E-state index in [1.54, 1.807) is 30.3 Å². The number of carbonyl (C=O) groups excluding carboxylic acids is 2. The summed E-state index contributed by atoms with van der Waals surface area (Å²) in [5.41, 5.74) is 8.22. The Labute approximate surface area is 131 Å². The molecule has 0 atom stereocenters. The molecule has 3 aromatic rings. The number of aromatic nitrogens is 1. The van der Waals surface area contributed by atoms with Gasteiger partial charge in [-0.05, 0) is 44.2 Å². The van der Waals surface area contributed by atoms with E-state index in [2.05, 4.69) is 4.98 Å². The molecule has 1 aromatic heterocycles. The van der Waals surface area contributed by atoms with Crippen LogP contribution in [-0.4, -0.2) is 16.7 Å². The molecule has 2 aromatic carbocycles. The molecule has 0 aliphatic carbocycles. The van der Waals surface area contributed by atoms with Crippen molar-refractivity contribution in [3.8, 4) is 0 Å². The van der Waals surface area contributed by atoms with Gasteiger partial charge >= 0.3 is 5.76 Å². The average molecular weight is 312 g/mol. The molecule has 1 heterocycles. The number of hydrogen-bond acceptors (Lipinski definition) is 4. The van der Waals surface area contributed by atoms with E-state index >= 15 is 0 Å². The fourth-order valence-electron chi connectivity index (χ4n) is 1.96. The molecule has 3 N–H and O–H groups in total. The number of H-pyrrole nitrogens is 1. The van der Waals surface area contributed by atoms with Crippen LogP contribution in [0.1, 0.15) is 33.2 Å². The number of amides is 1. The van der Waals surface area contributed by atoms with Crippen molar-refractivity contribution in [3.63, 3.8) is 0 Å². The standard InChI is InChI=1S/C9H7NO3.C8H9NO/c1-5(11)6-2-3-7-8(4-6)13-9(12)10-7;1-6-3-2-4-7(5-6)8(9)10/h2-4H,1H3,(H,10,12);2-5H,1H3,(H2,9,10). The number of ketones is 1. The third-order valence-electron chi connectivity index (χ3n) is 3.13. The maximum absolute atomic E-state index is 11.0. The maximum Gasteiger partial charge on any atom is 0.417 e. The molecule has 0 aliphatic rings. The van der Waals surface area contributed by atoms with E-state index in [4.69, 9.17) is 10.2 Å². The summed E-state index contributed by atoms with van der Waals surface area (Å²) in [4.78, 5) is 34.8. The topological polar surface area (TPSA) is 106 Å². The number of rotatable bonds is 2. The van der Waals surface area contributed by atoms with Crippen LogP contribution in [0.4, 0.5) is 0 Å². The van der Waals surface area contributed by atoms with Crippen molar-refractivity contribution in [3.05, 3.63) is 69.7 Å². The van der Waals surface area contributed by atoms with Crippen LogP contribution in [0.3, 0.4) is 0 Å². The molecule has 6 heteroatoms. The number of aromatic amines is 1. The zero-order chi connectivity index (χ0) is 17.0. The van der Waals surface area contributed by atoms with Crippen molar-refractivity contribution < 1.29 is 14.0 Å². The van der Waals surface area contributed by atoms with Gasteiger partial charge in [0.05, 0.1) is 5.52 Å². The second-order valence-electron chi connectivity index (χ2n) is 5.02. The Morgan fingerprint density at radius 3 is 2.39 bits per heavy atom. The molecule has 1 amide bonds. The molecular weight excluding hydrogens is 296 g/mol. The largest absolute Gasteiger partial charge is 0.417 e. The van der Waals surface area contributed by atoms with Crippen LogP contribution in [0.2, 0.25) is 0 Å². The van der Waals surface area contributed by atoms with Crippen LogP contribution >= 0.6 is 0 Å². The summed E-state index contributed by atoms with van der Waals surface area (Å²) in [6, 6.07) is 12.1. The summed E-state index contributed by atoms with van der Waals surface area (Å²) >= 11 is 0. The van der Waals surface area contributed by atoms with Gasteiger partial charge in [-0.25, -0.2) is 4.79 Å². The van der Waals surface area contributed by atoms with E-state index in [0.29, 0.717) is 22.2 Å². The lowest BCUT2D eigenvalue weighted by Gasteiger charge is -1.94. The molecular formula is C17H16N2O4. The van der Waals surface area contributed by atoms with Gasteiger partial charge in [-0.15, -0.1) is 0 Å².